The van der Waals surface area contributed by atoms with Gasteiger partial charge in [-0.05, 0) is 25.3 Å². The van der Waals surface area contributed by atoms with Crippen molar-refractivity contribution in [3.05, 3.63) is 45.6 Å². The highest BCUT2D eigenvalue weighted by molar-refractivity contribution is 7.80. The standard InChI is InChI=1S/C17H28N2O2S.C8H18/c1-4-13(3)17(21-15(5-2)12-22)7-9-19-11-14-10-18-8-6-16(14)20;1-3-5-7-8-6-4-2/h6,8,10,15,19,22H,4-5,7,9,11-12H2,1-3H3,(H,18,20);3-8H2,1-2H3. The molecule has 1 heterocycles. The SMILES string of the molecule is CCC(C)=C(CCNCc1c[nH]ccc1=O)OC(CC)CS.CCCCCCCC. The van der Waals surface area contributed by atoms with Gasteiger partial charge >= 0.3 is 0 Å². The molecular formula is C25H46N2O2S. The van der Waals surface area contributed by atoms with Crippen LogP contribution in [0.5, 0.6) is 0 Å². The average molecular weight is 439 g/mol. The zero-order valence-corrected chi connectivity index (χ0v) is 21.0. The van der Waals surface area contributed by atoms with Crippen LogP contribution in [0.3, 0.4) is 0 Å². The van der Waals surface area contributed by atoms with Gasteiger partial charge in [0.15, 0.2) is 5.43 Å². The number of hydrogen-bond donors (Lipinski definition) is 3. The molecule has 30 heavy (non-hydrogen) atoms. The molecule has 2 N–H and O–H groups in total. The molecule has 1 atom stereocenters. The zero-order chi connectivity index (χ0) is 22.6. The molecule has 0 bridgehead atoms. The molecule has 0 aliphatic carbocycles. The Morgan fingerprint density at radius 2 is 1.80 bits per heavy atom. The van der Waals surface area contributed by atoms with Crippen LogP contribution in [0.2, 0.25) is 0 Å². The van der Waals surface area contributed by atoms with Crippen LogP contribution in [0.4, 0.5) is 0 Å². The van der Waals surface area contributed by atoms with Gasteiger partial charge in [0.25, 0.3) is 0 Å². The second-order valence-corrected chi connectivity index (χ2v) is 8.13. The van der Waals surface area contributed by atoms with Crippen molar-refractivity contribution in [3.63, 3.8) is 0 Å². The van der Waals surface area contributed by atoms with Crippen molar-refractivity contribution in [2.45, 2.75) is 105 Å². The topological polar surface area (TPSA) is 54.1 Å². The number of thiol groups is 1. The number of nitrogens with one attached hydrogen (secondary N) is 2. The number of aromatic nitrogens is 1. The number of allylic oxidation sites excluding steroid dienone is 1. The van der Waals surface area contributed by atoms with Crippen molar-refractivity contribution in [3.8, 4) is 0 Å². The largest absolute Gasteiger partial charge is 0.494 e. The monoisotopic (exact) mass is 438 g/mol. The number of pyridine rings is 1. The first-order chi connectivity index (χ1) is 14.5. The van der Waals surface area contributed by atoms with Gasteiger partial charge in [0.2, 0.25) is 0 Å². The number of unbranched alkanes of at least 4 members (excludes halogenated alkanes) is 5. The number of H-pyrrole nitrogens is 1. The summed E-state index contributed by atoms with van der Waals surface area (Å²) in [6, 6.07) is 1.55. The fourth-order valence-corrected chi connectivity index (χ4v) is 3.22. The quantitative estimate of drug-likeness (QED) is 0.164. The van der Waals surface area contributed by atoms with E-state index in [9.17, 15) is 4.79 Å². The van der Waals surface area contributed by atoms with Gasteiger partial charge in [-0.3, -0.25) is 4.79 Å². The van der Waals surface area contributed by atoms with Gasteiger partial charge in [-0.2, -0.15) is 12.6 Å². The third kappa shape index (κ3) is 13.9. The fraction of sp³-hybridized carbons (Fsp3) is 0.720. The highest BCUT2D eigenvalue weighted by Gasteiger charge is 2.10. The van der Waals surface area contributed by atoms with Crippen molar-refractivity contribution >= 4 is 12.6 Å². The Labute approximate surface area is 190 Å². The van der Waals surface area contributed by atoms with Gasteiger partial charge in [-0.1, -0.05) is 66.2 Å². The van der Waals surface area contributed by atoms with E-state index in [2.05, 4.69) is 57.5 Å². The first-order valence-corrected chi connectivity index (χ1v) is 12.5. The maximum atomic E-state index is 11.6. The van der Waals surface area contributed by atoms with E-state index in [1.165, 1.54) is 44.1 Å². The van der Waals surface area contributed by atoms with E-state index in [-0.39, 0.29) is 11.5 Å². The van der Waals surface area contributed by atoms with Gasteiger partial charge in [0.1, 0.15) is 6.10 Å². The highest BCUT2D eigenvalue weighted by atomic mass is 32.1. The maximum Gasteiger partial charge on any atom is 0.186 e. The van der Waals surface area contributed by atoms with Crippen LogP contribution in [0, 0.1) is 0 Å². The molecule has 5 heteroatoms. The van der Waals surface area contributed by atoms with Gasteiger partial charge < -0.3 is 15.0 Å². The molecule has 0 fully saturated rings. The lowest BCUT2D eigenvalue weighted by molar-refractivity contribution is 0.122. The first kappa shape index (κ1) is 28.8. The lowest BCUT2D eigenvalue weighted by Crippen LogP contribution is -2.22. The molecule has 0 aliphatic heterocycles. The van der Waals surface area contributed by atoms with Crippen LogP contribution in [0.15, 0.2) is 34.6 Å². The molecule has 1 unspecified atom stereocenters. The molecule has 0 saturated carbocycles. The summed E-state index contributed by atoms with van der Waals surface area (Å²) in [5.41, 5.74) is 2.09. The molecule has 1 aromatic rings. The molecule has 4 nitrogen and oxygen atoms in total. The van der Waals surface area contributed by atoms with E-state index in [0.717, 1.165) is 42.9 Å². The average Bonchev–Trinajstić information content (AvgIpc) is 2.77. The van der Waals surface area contributed by atoms with Gasteiger partial charge in [0, 0.05) is 49.3 Å². The Hall–Kier alpha value is -1.20. The van der Waals surface area contributed by atoms with E-state index in [4.69, 9.17) is 4.74 Å². The fourth-order valence-electron chi connectivity index (χ4n) is 2.89. The Morgan fingerprint density at radius 3 is 2.30 bits per heavy atom. The summed E-state index contributed by atoms with van der Waals surface area (Å²) in [5.74, 6) is 1.78. The second-order valence-electron chi connectivity index (χ2n) is 7.76. The number of hydrogen-bond acceptors (Lipinski definition) is 4. The molecule has 1 aromatic heterocycles. The Morgan fingerprint density at radius 1 is 1.13 bits per heavy atom. The third-order valence-electron chi connectivity index (χ3n) is 5.18. The highest BCUT2D eigenvalue weighted by Crippen LogP contribution is 2.17. The molecule has 0 saturated heterocycles. The van der Waals surface area contributed by atoms with Crippen LogP contribution in [-0.2, 0) is 11.3 Å². The van der Waals surface area contributed by atoms with E-state index in [1.54, 1.807) is 18.5 Å². The van der Waals surface area contributed by atoms with Gasteiger partial charge in [-0.15, -0.1) is 0 Å². The summed E-state index contributed by atoms with van der Waals surface area (Å²) in [7, 11) is 0. The summed E-state index contributed by atoms with van der Waals surface area (Å²) in [5, 5.41) is 3.31. The van der Waals surface area contributed by atoms with Crippen LogP contribution in [-0.4, -0.2) is 23.4 Å². The number of aromatic amines is 1. The third-order valence-corrected chi connectivity index (χ3v) is 5.59. The molecule has 174 valence electrons. The first-order valence-electron chi connectivity index (χ1n) is 11.9. The van der Waals surface area contributed by atoms with Crippen LogP contribution >= 0.6 is 12.6 Å². The van der Waals surface area contributed by atoms with Crippen LogP contribution < -0.4 is 10.7 Å². The molecule has 0 aromatic carbocycles. The summed E-state index contributed by atoms with van der Waals surface area (Å²) < 4.78 is 6.07. The molecule has 0 radical (unpaired) electrons. The normalized spacial score (nSPS) is 12.6. The van der Waals surface area contributed by atoms with Crippen molar-refractivity contribution in [1.29, 1.82) is 0 Å². The van der Waals surface area contributed by atoms with E-state index in [0.29, 0.717) is 6.54 Å². The minimum atomic E-state index is 0.0594. The summed E-state index contributed by atoms with van der Waals surface area (Å²) >= 11 is 4.33. The van der Waals surface area contributed by atoms with Crippen LogP contribution in [0.1, 0.15) is 98.0 Å². The predicted molar refractivity (Wildman–Crippen MR) is 134 cm³/mol. The molecule has 0 amide bonds. The lowest BCUT2D eigenvalue weighted by Gasteiger charge is -2.20. The van der Waals surface area contributed by atoms with Crippen molar-refractivity contribution < 1.29 is 4.74 Å². The minimum absolute atomic E-state index is 0.0594. The molecular weight excluding hydrogens is 392 g/mol. The minimum Gasteiger partial charge on any atom is -0.494 e. The zero-order valence-electron chi connectivity index (χ0n) is 20.1. The summed E-state index contributed by atoms with van der Waals surface area (Å²) in [6.07, 6.45) is 14.8. The lowest BCUT2D eigenvalue weighted by atomic mass is 10.1. The van der Waals surface area contributed by atoms with Crippen LogP contribution in [0.25, 0.3) is 0 Å². The summed E-state index contributed by atoms with van der Waals surface area (Å²) in [6.45, 7) is 12.2. The van der Waals surface area contributed by atoms with Crippen molar-refractivity contribution in [1.82, 2.24) is 10.3 Å². The van der Waals surface area contributed by atoms with Crippen molar-refractivity contribution in [2.75, 3.05) is 12.3 Å². The predicted octanol–water partition coefficient (Wildman–Crippen LogP) is 6.63. The van der Waals surface area contributed by atoms with E-state index in [1.807, 2.05) is 0 Å². The summed E-state index contributed by atoms with van der Waals surface area (Å²) in [4.78, 5) is 14.6. The maximum absolute atomic E-state index is 11.6. The Bertz CT molecular complexity index is 603. The van der Waals surface area contributed by atoms with Crippen molar-refractivity contribution in [2.24, 2.45) is 0 Å². The molecule has 0 spiro atoms. The Kier molecular flexibility index (Phi) is 19.0. The number of ether oxygens (including phenoxy) is 1. The Balaban J connectivity index is 0.000000890. The van der Waals surface area contributed by atoms with E-state index >= 15 is 0 Å². The van der Waals surface area contributed by atoms with Gasteiger partial charge in [0.05, 0.1) is 5.76 Å². The molecule has 1 rings (SSSR count). The van der Waals surface area contributed by atoms with Gasteiger partial charge in [-0.25, -0.2) is 0 Å². The second kappa shape index (κ2) is 19.7. The number of rotatable bonds is 15. The molecule has 0 aliphatic rings. The van der Waals surface area contributed by atoms with E-state index < -0.39 is 0 Å². The smallest absolute Gasteiger partial charge is 0.186 e.